The largest absolute Gasteiger partial charge is 0.328 e. The van der Waals surface area contributed by atoms with E-state index in [9.17, 15) is 4.79 Å². The highest BCUT2D eigenvalue weighted by Gasteiger charge is 2.37. The molecule has 2 unspecified atom stereocenters. The second-order valence-electron chi connectivity index (χ2n) is 5.49. The van der Waals surface area contributed by atoms with Gasteiger partial charge in [-0.3, -0.25) is 0 Å². The van der Waals surface area contributed by atoms with Gasteiger partial charge >= 0.3 is 6.03 Å². The van der Waals surface area contributed by atoms with Gasteiger partial charge in [0.25, 0.3) is 0 Å². The Morgan fingerprint density at radius 2 is 2.05 bits per heavy atom. The van der Waals surface area contributed by atoms with Crippen LogP contribution in [0.25, 0.3) is 0 Å². The van der Waals surface area contributed by atoms with Crippen LogP contribution in [0.2, 0.25) is 0 Å². The van der Waals surface area contributed by atoms with Crippen molar-refractivity contribution in [2.24, 2.45) is 5.73 Å². The number of carbonyl (C=O) groups excluding carboxylic acids is 1. The second kappa shape index (κ2) is 5.21. The Kier molecular flexibility index (Phi) is 3.80. The first-order chi connectivity index (χ1) is 8.95. The summed E-state index contributed by atoms with van der Waals surface area (Å²) >= 11 is 0. The number of benzene rings is 1. The normalized spacial score (nSPS) is 21.1. The number of hydrogen-bond donors (Lipinski definition) is 1. The molecule has 1 saturated heterocycles. The minimum absolute atomic E-state index is 0.0705. The van der Waals surface area contributed by atoms with Gasteiger partial charge in [0, 0.05) is 26.2 Å². The first kappa shape index (κ1) is 13.9. The molecule has 1 aliphatic rings. The Balaban J connectivity index is 2.26. The maximum Gasteiger partial charge on any atom is 0.320 e. The number of amides is 2. The molecular weight excluding hydrogens is 238 g/mol. The van der Waals surface area contributed by atoms with Crippen LogP contribution >= 0.6 is 0 Å². The Hall–Kier alpha value is -1.55. The summed E-state index contributed by atoms with van der Waals surface area (Å²) in [5.41, 5.74) is 9.42. The number of carbonyl (C=O) groups is 1. The number of hydrogen-bond acceptors (Lipinski definition) is 2. The molecule has 0 radical (unpaired) electrons. The van der Waals surface area contributed by atoms with Gasteiger partial charge in [-0.1, -0.05) is 18.2 Å². The molecule has 1 aromatic rings. The van der Waals surface area contributed by atoms with E-state index in [-0.39, 0.29) is 18.1 Å². The zero-order valence-corrected chi connectivity index (χ0v) is 12.2. The fourth-order valence-electron chi connectivity index (χ4n) is 2.52. The number of nitrogens with zero attached hydrogens (tertiary/aromatic N) is 2. The summed E-state index contributed by atoms with van der Waals surface area (Å²) in [6.45, 7) is 7.42. The van der Waals surface area contributed by atoms with E-state index in [4.69, 9.17) is 5.73 Å². The molecule has 1 aliphatic heterocycles. The summed E-state index contributed by atoms with van der Waals surface area (Å²) in [5, 5.41) is 0. The van der Waals surface area contributed by atoms with Gasteiger partial charge in [0.2, 0.25) is 0 Å². The summed E-state index contributed by atoms with van der Waals surface area (Å²) < 4.78 is 0. The van der Waals surface area contributed by atoms with E-state index in [0.29, 0.717) is 6.54 Å². The summed E-state index contributed by atoms with van der Waals surface area (Å²) in [6.07, 6.45) is 0. The standard InChI is InChI=1S/C15H23N3O/c1-10-5-6-13(7-11(10)2)14-9-18(12(3)8-16)15(19)17(14)4/h5-7,12,14H,8-9,16H2,1-4H3. The van der Waals surface area contributed by atoms with Crippen LogP contribution < -0.4 is 5.73 Å². The lowest BCUT2D eigenvalue weighted by Crippen LogP contribution is -2.40. The summed E-state index contributed by atoms with van der Waals surface area (Å²) in [4.78, 5) is 15.9. The smallest absolute Gasteiger partial charge is 0.320 e. The molecule has 0 aliphatic carbocycles. The van der Waals surface area contributed by atoms with Gasteiger partial charge in [-0.2, -0.15) is 0 Å². The van der Waals surface area contributed by atoms with Gasteiger partial charge in [0.15, 0.2) is 0 Å². The molecular formula is C15H23N3O. The van der Waals surface area contributed by atoms with E-state index in [0.717, 1.165) is 6.54 Å². The van der Waals surface area contributed by atoms with Gasteiger partial charge < -0.3 is 15.5 Å². The lowest BCUT2D eigenvalue weighted by atomic mass is 10.0. The van der Waals surface area contributed by atoms with Crippen molar-refractivity contribution in [3.05, 3.63) is 34.9 Å². The van der Waals surface area contributed by atoms with Gasteiger partial charge in [-0.05, 0) is 37.5 Å². The van der Waals surface area contributed by atoms with Crippen molar-refractivity contribution in [2.45, 2.75) is 32.9 Å². The molecule has 1 heterocycles. The Bertz CT molecular complexity index is 486. The molecule has 0 aromatic heterocycles. The molecule has 2 atom stereocenters. The lowest BCUT2D eigenvalue weighted by Gasteiger charge is -2.21. The van der Waals surface area contributed by atoms with E-state index >= 15 is 0 Å². The minimum Gasteiger partial charge on any atom is -0.328 e. The van der Waals surface area contributed by atoms with Gasteiger partial charge in [0.05, 0.1) is 6.04 Å². The molecule has 0 saturated carbocycles. The molecule has 0 bridgehead atoms. The molecule has 2 N–H and O–H groups in total. The first-order valence-corrected chi connectivity index (χ1v) is 6.76. The van der Waals surface area contributed by atoms with Crippen molar-refractivity contribution in [1.29, 1.82) is 0 Å². The fourth-order valence-corrected chi connectivity index (χ4v) is 2.52. The third-order valence-electron chi connectivity index (χ3n) is 4.17. The van der Waals surface area contributed by atoms with Crippen LogP contribution in [0, 0.1) is 13.8 Å². The summed E-state index contributed by atoms with van der Waals surface area (Å²) in [7, 11) is 1.87. The van der Waals surface area contributed by atoms with Crippen LogP contribution in [0.1, 0.15) is 29.7 Å². The Morgan fingerprint density at radius 1 is 1.37 bits per heavy atom. The third kappa shape index (κ3) is 2.45. The zero-order valence-electron chi connectivity index (χ0n) is 12.2. The Morgan fingerprint density at radius 3 is 2.63 bits per heavy atom. The van der Waals surface area contributed by atoms with Crippen molar-refractivity contribution in [1.82, 2.24) is 9.80 Å². The highest BCUT2D eigenvalue weighted by molar-refractivity contribution is 5.77. The highest BCUT2D eigenvalue weighted by Crippen LogP contribution is 2.30. The minimum atomic E-state index is 0.0705. The van der Waals surface area contributed by atoms with Crippen molar-refractivity contribution in [3.8, 4) is 0 Å². The van der Waals surface area contributed by atoms with E-state index in [1.807, 2.05) is 23.8 Å². The number of urea groups is 1. The molecule has 4 nitrogen and oxygen atoms in total. The third-order valence-corrected chi connectivity index (χ3v) is 4.17. The molecule has 2 amide bonds. The zero-order chi connectivity index (χ0) is 14.2. The molecule has 1 fully saturated rings. The first-order valence-electron chi connectivity index (χ1n) is 6.76. The molecule has 2 rings (SSSR count). The fraction of sp³-hybridized carbons (Fsp3) is 0.533. The number of aryl methyl sites for hydroxylation is 2. The summed E-state index contributed by atoms with van der Waals surface area (Å²) in [5.74, 6) is 0. The van der Waals surface area contributed by atoms with Crippen LogP contribution in [0.3, 0.4) is 0 Å². The quantitative estimate of drug-likeness (QED) is 0.905. The van der Waals surface area contributed by atoms with Gasteiger partial charge in [0.1, 0.15) is 0 Å². The van der Waals surface area contributed by atoms with Gasteiger partial charge in [-0.25, -0.2) is 4.79 Å². The van der Waals surface area contributed by atoms with Crippen LogP contribution in [0.15, 0.2) is 18.2 Å². The van der Waals surface area contributed by atoms with E-state index < -0.39 is 0 Å². The van der Waals surface area contributed by atoms with Gasteiger partial charge in [-0.15, -0.1) is 0 Å². The summed E-state index contributed by atoms with van der Waals surface area (Å²) in [6, 6.07) is 6.71. The van der Waals surface area contributed by atoms with Crippen molar-refractivity contribution in [2.75, 3.05) is 20.1 Å². The number of nitrogens with two attached hydrogens (primary N) is 1. The SMILES string of the molecule is Cc1ccc(C2CN(C(C)CN)C(=O)N2C)cc1C. The van der Waals surface area contributed by atoms with E-state index in [2.05, 4.69) is 32.0 Å². The second-order valence-corrected chi connectivity index (χ2v) is 5.49. The topological polar surface area (TPSA) is 49.6 Å². The van der Waals surface area contributed by atoms with Crippen molar-refractivity contribution >= 4 is 6.03 Å². The van der Waals surface area contributed by atoms with Crippen LogP contribution in [0.4, 0.5) is 4.79 Å². The number of rotatable bonds is 3. The molecule has 4 heteroatoms. The van der Waals surface area contributed by atoms with E-state index in [1.165, 1.54) is 16.7 Å². The highest BCUT2D eigenvalue weighted by atomic mass is 16.2. The van der Waals surface area contributed by atoms with Crippen molar-refractivity contribution < 1.29 is 4.79 Å². The van der Waals surface area contributed by atoms with Crippen molar-refractivity contribution in [3.63, 3.8) is 0 Å². The predicted octanol–water partition coefficient (Wildman–Crippen LogP) is 2.06. The van der Waals surface area contributed by atoms with Crippen LogP contribution in [-0.4, -0.2) is 42.0 Å². The van der Waals surface area contributed by atoms with Crippen LogP contribution in [-0.2, 0) is 0 Å². The average molecular weight is 261 g/mol. The average Bonchev–Trinajstić information content (AvgIpc) is 2.69. The molecule has 104 valence electrons. The maximum absolute atomic E-state index is 12.2. The monoisotopic (exact) mass is 261 g/mol. The lowest BCUT2D eigenvalue weighted by molar-refractivity contribution is 0.185. The number of likely N-dealkylation sites (N-methyl/N-ethyl adjacent to an activating group) is 1. The maximum atomic E-state index is 12.2. The predicted molar refractivity (Wildman–Crippen MR) is 77.0 cm³/mol. The molecule has 1 aromatic carbocycles. The Labute approximate surface area is 115 Å². The molecule has 0 spiro atoms. The van der Waals surface area contributed by atoms with E-state index in [1.54, 1.807) is 0 Å². The molecule has 19 heavy (non-hydrogen) atoms. The van der Waals surface area contributed by atoms with Crippen LogP contribution in [0.5, 0.6) is 0 Å².